The smallest absolute Gasteiger partial charge is 0.478 e. The van der Waals surface area contributed by atoms with E-state index in [0.29, 0.717) is 29.9 Å². The maximum Gasteiger partial charge on any atom is 0.586 e. The number of hydrogen-bond acceptors (Lipinski definition) is 5. The zero-order chi connectivity index (χ0) is 24.3. The zero-order valence-corrected chi connectivity index (χ0v) is 18.3. The zero-order valence-electron chi connectivity index (χ0n) is 18.3. The lowest BCUT2D eigenvalue weighted by atomic mass is 9.94. The molecular formula is C25H20F2N2O5. The number of amides is 1. The molecule has 9 heteroatoms. The SMILES string of the molecule is Cc1cc(C(=O)O)ccc1-c1nc(NC(=O)C2(c3ccc4c(c3)OC(F)(F)O4)CC2)ccc1C. The summed E-state index contributed by atoms with van der Waals surface area (Å²) in [6.07, 6.45) is -2.60. The third-order valence-electron chi connectivity index (χ3n) is 6.21. The quantitative estimate of drug-likeness (QED) is 0.546. The molecule has 1 amide bonds. The standard InChI is InChI=1S/C25H20F2N2O5/c1-13-3-8-20(28-21(13)17-6-4-15(22(30)31)11-14(17)2)29-23(32)24(9-10-24)16-5-7-18-19(12-16)34-25(26,27)33-18/h3-8,11-12H,9-10H2,1-2H3,(H,30,31)(H,28,29,32). The molecule has 0 spiro atoms. The van der Waals surface area contributed by atoms with Gasteiger partial charge < -0.3 is 19.9 Å². The number of aryl methyl sites for hydroxylation is 2. The van der Waals surface area contributed by atoms with E-state index < -0.39 is 17.7 Å². The minimum absolute atomic E-state index is 0.0703. The number of ether oxygens (including phenoxy) is 2. The highest BCUT2D eigenvalue weighted by molar-refractivity contribution is 6.01. The van der Waals surface area contributed by atoms with E-state index >= 15 is 0 Å². The molecule has 1 aromatic heterocycles. The number of rotatable bonds is 5. The molecule has 0 radical (unpaired) electrons. The van der Waals surface area contributed by atoms with Crippen LogP contribution in [0.1, 0.15) is 39.9 Å². The number of nitrogens with one attached hydrogen (secondary N) is 1. The van der Waals surface area contributed by atoms with Gasteiger partial charge in [0.25, 0.3) is 0 Å². The maximum atomic E-state index is 13.4. The lowest BCUT2D eigenvalue weighted by Gasteiger charge is -2.17. The maximum absolute atomic E-state index is 13.4. The Morgan fingerprint density at radius 2 is 1.71 bits per heavy atom. The molecule has 3 aromatic rings. The molecule has 2 heterocycles. The number of benzene rings is 2. The molecule has 34 heavy (non-hydrogen) atoms. The van der Waals surface area contributed by atoms with Crippen molar-refractivity contribution < 1.29 is 33.0 Å². The molecule has 1 aliphatic heterocycles. The first-order valence-electron chi connectivity index (χ1n) is 10.6. The third-order valence-corrected chi connectivity index (χ3v) is 6.21. The van der Waals surface area contributed by atoms with E-state index in [4.69, 9.17) is 0 Å². The highest BCUT2D eigenvalue weighted by Gasteiger charge is 2.53. The molecule has 174 valence electrons. The topological polar surface area (TPSA) is 97.8 Å². The molecule has 0 saturated heterocycles. The van der Waals surface area contributed by atoms with Crippen molar-refractivity contribution in [1.82, 2.24) is 4.98 Å². The van der Waals surface area contributed by atoms with Crippen LogP contribution in [0.2, 0.25) is 0 Å². The molecule has 0 bridgehead atoms. The lowest BCUT2D eigenvalue weighted by molar-refractivity contribution is -0.286. The molecule has 0 unspecified atom stereocenters. The van der Waals surface area contributed by atoms with Gasteiger partial charge >= 0.3 is 12.3 Å². The number of anilines is 1. The average molecular weight is 466 g/mol. The molecule has 1 saturated carbocycles. The minimum Gasteiger partial charge on any atom is -0.478 e. The number of alkyl halides is 2. The summed E-state index contributed by atoms with van der Waals surface area (Å²) >= 11 is 0. The average Bonchev–Trinajstić information content (AvgIpc) is 3.52. The number of fused-ring (bicyclic) bond motifs is 1. The summed E-state index contributed by atoms with van der Waals surface area (Å²) < 4.78 is 35.7. The van der Waals surface area contributed by atoms with Crippen LogP contribution in [0.25, 0.3) is 11.3 Å². The van der Waals surface area contributed by atoms with Gasteiger partial charge in [0.15, 0.2) is 11.5 Å². The van der Waals surface area contributed by atoms with Gasteiger partial charge in [0.05, 0.1) is 16.7 Å². The second kappa shape index (κ2) is 7.51. The molecule has 7 nitrogen and oxygen atoms in total. The van der Waals surface area contributed by atoms with Crippen molar-refractivity contribution >= 4 is 17.7 Å². The van der Waals surface area contributed by atoms with Crippen molar-refractivity contribution in [2.75, 3.05) is 5.32 Å². The second-order valence-electron chi connectivity index (χ2n) is 8.56. The Bertz CT molecular complexity index is 1350. The molecule has 1 aliphatic carbocycles. The van der Waals surface area contributed by atoms with Crippen molar-refractivity contribution in [2.45, 2.75) is 38.4 Å². The Balaban J connectivity index is 1.41. The van der Waals surface area contributed by atoms with E-state index in [2.05, 4.69) is 19.8 Å². The number of pyridine rings is 1. The van der Waals surface area contributed by atoms with E-state index in [9.17, 15) is 23.5 Å². The van der Waals surface area contributed by atoms with Crippen molar-refractivity contribution in [2.24, 2.45) is 0 Å². The van der Waals surface area contributed by atoms with Crippen molar-refractivity contribution in [3.8, 4) is 22.8 Å². The van der Waals surface area contributed by atoms with Gasteiger partial charge in [-0.05, 0) is 73.7 Å². The number of aromatic carboxylic acids is 1. The Hall–Kier alpha value is -4.01. The summed E-state index contributed by atoms with van der Waals surface area (Å²) in [5.74, 6) is -1.14. The fraction of sp³-hybridized carbons (Fsp3) is 0.240. The number of carboxylic acid groups (broad SMARTS) is 1. The van der Waals surface area contributed by atoms with Crippen molar-refractivity contribution in [3.05, 3.63) is 70.8 Å². The molecule has 2 aromatic carbocycles. The van der Waals surface area contributed by atoms with Gasteiger partial charge in [0.1, 0.15) is 5.82 Å². The number of hydrogen-bond donors (Lipinski definition) is 2. The summed E-state index contributed by atoms with van der Waals surface area (Å²) in [5, 5.41) is 12.1. The van der Waals surface area contributed by atoms with Crippen LogP contribution in [0.5, 0.6) is 11.5 Å². The number of halogens is 2. The Morgan fingerprint density at radius 3 is 2.38 bits per heavy atom. The predicted molar refractivity (Wildman–Crippen MR) is 118 cm³/mol. The number of nitrogens with zero attached hydrogens (tertiary/aromatic N) is 1. The Labute approximate surface area is 193 Å². The highest BCUT2D eigenvalue weighted by atomic mass is 19.3. The first-order chi connectivity index (χ1) is 16.1. The lowest BCUT2D eigenvalue weighted by Crippen LogP contribution is -2.28. The van der Waals surface area contributed by atoms with E-state index in [1.54, 1.807) is 31.2 Å². The summed E-state index contributed by atoms with van der Waals surface area (Å²) in [6.45, 7) is 3.68. The van der Waals surface area contributed by atoms with E-state index in [0.717, 1.165) is 16.7 Å². The van der Waals surface area contributed by atoms with Crippen LogP contribution in [-0.2, 0) is 10.2 Å². The normalized spacial score (nSPS) is 16.7. The van der Waals surface area contributed by atoms with Crippen LogP contribution in [0, 0.1) is 13.8 Å². The Kier molecular flexibility index (Phi) is 4.82. The minimum atomic E-state index is -3.72. The summed E-state index contributed by atoms with van der Waals surface area (Å²) in [4.78, 5) is 29.1. The van der Waals surface area contributed by atoms with Gasteiger partial charge in [-0.2, -0.15) is 0 Å². The molecule has 5 rings (SSSR count). The van der Waals surface area contributed by atoms with Gasteiger partial charge in [-0.15, -0.1) is 8.78 Å². The van der Waals surface area contributed by atoms with E-state index in [-0.39, 0.29) is 23.0 Å². The van der Waals surface area contributed by atoms with Crippen LogP contribution < -0.4 is 14.8 Å². The molecular weight excluding hydrogens is 446 g/mol. The van der Waals surface area contributed by atoms with Crippen molar-refractivity contribution in [1.29, 1.82) is 0 Å². The number of carbonyl (C=O) groups is 2. The molecule has 0 atom stereocenters. The van der Waals surface area contributed by atoms with E-state index in [1.165, 1.54) is 18.2 Å². The fourth-order valence-electron chi connectivity index (χ4n) is 4.19. The Morgan fingerprint density at radius 1 is 0.971 bits per heavy atom. The highest BCUT2D eigenvalue weighted by Crippen LogP contribution is 2.52. The van der Waals surface area contributed by atoms with Crippen LogP contribution in [-0.4, -0.2) is 28.3 Å². The van der Waals surface area contributed by atoms with Crippen LogP contribution >= 0.6 is 0 Å². The number of carboxylic acids is 1. The van der Waals surface area contributed by atoms with Crippen LogP contribution in [0.15, 0.2) is 48.5 Å². The first-order valence-corrected chi connectivity index (χ1v) is 10.6. The van der Waals surface area contributed by atoms with E-state index in [1.807, 2.05) is 13.0 Å². The second-order valence-corrected chi connectivity index (χ2v) is 8.56. The van der Waals surface area contributed by atoms with Gasteiger partial charge in [-0.25, -0.2) is 9.78 Å². The fourth-order valence-corrected chi connectivity index (χ4v) is 4.19. The third kappa shape index (κ3) is 3.72. The largest absolute Gasteiger partial charge is 0.586 e. The number of carbonyl (C=O) groups excluding carboxylic acids is 1. The van der Waals surface area contributed by atoms with Crippen molar-refractivity contribution in [3.63, 3.8) is 0 Å². The van der Waals surface area contributed by atoms with Gasteiger partial charge in [-0.1, -0.05) is 18.2 Å². The van der Waals surface area contributed by atoms with Gasteiger partial charge in [0, 0.05) is 5.56 Å². The van der Waals surface area contributed by atoms with Crippen LogP contribution in [0.4, 0.5) is 14.6 Å². The number of aromatic nitrogens is 1. The predicted octanol–water partition coefficient (Wildman–Crippen LogP) is 5.06. The molecule has 2 N–H and O–H groups in total. The van der Waals surface area contributed by atoms with Crippen LogP contribution in [0.3, 0.4) is 0 Å². The summed E-state index contributed by atoms with van der Waals surface area (Å²) in [7, 11) is 0. The monoisotopic (exact) mass is 466 g/mol. The molecule has 2 aliphatic rings. The van der Waals surface area contributed by atoms with Gasteiger partial charge in [-0.3, -0.25) is 4.79 Å². The summed E-state index contributed by atoms with van der Waals surface area (Å²) in [5.41, 5.74) is 2.89. The first kappa shape index (κ1) is 21.8. The summed E-state index contributed by atoms with van der Waals surface area (Å²) in [6, 6.07) is 12.7. The molecule has 1 fully saturated rings. The van der Waals surface area contributed by atoms with Gasteiger partial charge in [0.2, 0.25) is 5.91 Å².